The van der Waals surface area contributed by atoms with Gasteiger partial charge in [0, 0.05) is 5.60 Å². The van der Waals surface area contributed by atoms with Crippen molar-refractivity contribution in [2.75, 3.05) is 0 Å². The Kier molecular flexibility index (Phi) is 9.07. The summed E-state index contributed by atoms with van der Waals surface area (Å²) in [5.74, 6) is 0.0450. The molecule has 0 saturated heterocycles. The highest BCUT2D eigenvalue weighted by Crippen LogP contribution is 2.53. The third-order valence-corrected chi connectivity index (χ3v) is 13.6. The number of carbonyl (C=O) groups excluding carboxylic acids is 1. The third kappa shape index (κ3) is 6.71. The molecule has 0 aliphatic heterocycles. The molecule has 156 valence electrons. The van der Waals surface area contributed by atoms with Gasteiger partial charge in [0.2, 0.25) is 9.76 Å². The quantitative estimate of drug-likeness (QED) is 0.378. The van der Waals surface area contributed by atoms with Crippen LogP contribution < -0.4 is 0 Å². The Morgan fingerprint density at radius 3 is 2.04 bits per heavy atom. The molecule has 27 heavy (non-hydrogen) atoms. The highest BCUT2D eigenvalue weighted by molar-refractivity contribution is 6.78. The van der Waals surface area contributed by atoms with E-state index in [2.05, 4.69) is 27.7 Å². The van der Waals surface area contributed by atoms with Crippen LogP contribution in [0.3, 0.4) is 0 Å². The van der Waals surface area contributed by atoms with Crippen LogP contribution in [-0.2, 0) is 13.6 Å². The van der Waals surface area contributed by atoms with Gasteiger partial charge in [0.05, 0.1) is 5.92 Å². The molecule has 0 bridgehead atoms. The molecule has 2 fully saturated rings. The molecule has 0 aromatic heterocycles. The first-order valence-corrected chi connectivity index (χ1v) is 14.8. The summed E-state index contributed by atoms with van der Waals surface area (Å²) < 4.78 is 12.6. The second-order valence-corrected chi connectivity index (χ2v) is 15.1. The maximum Gasteiger partial charge on any atom is 0.295 e. The Morgan fingerprint density at radius 2 is 1.59 bits per heavy atom. The van der Waals surface area contributed by atoms with E-state index >= 15 is 0 Å². The van der Waals surface area contributed by atoms with E-state index in [4.69, 9.17) is 8.85 Å². The predicted octanol–water partition coefficient (Wildman–Crippen LogP) is 6.65. The van der Waals surface area contributed by atoms with Crippen LogP contribution in [0.4, 0.5) is 0 Å². The van der Waals surface area contributed by atoms with Crippen molar-refractivity contribution < 1.29 is 13.6 Å². The number of carbonyl (C=O) groups is 1. The van der Waals surface area contributed by atoms with Crippen molar-refractivity contribution in [2.24, 2.45) is 5.92 Å². The number of hydrogen-bond donors (Lipinski definition) is 0. The maximum absolute atomic E-state index is 13.2. The Labute approximate surface area is 171 Å². The molecule has 2 saturated carbocycles. The summed E-state index contributed by atoms with van der Waals surface area (Å²) in [5, 5.41) is 0. The first-order valence-electron chi connectivity index (χ1n) is 11.4. The van der Waals surface area contributed by atoms with Gasteiger partial charge in [-0.1, -0.05) is 52.4 Å². The van der Waals surface area contributed by atoms with Crippen molar-refractivity contribution in [2.45, 2.75) is 128 Å². The van der Waals surface area contributed by atoms with Crippen LogP contribution >= 0.6 is 0 Å². The van der Waals surface area contributed by atoms with Gasteiger partial charge in [-0.25, -0.2) is 0 Å². The highest BCUT2D eigenvalue weighted by atomic mass is 28.4. The maximum atomic E-state index is 13.2. The molecule has 0 spiro atoms. The second kappa shape index (κ2) is 10.6. The zero-order valence-electron chi connectivity index (χ0n) is 18.4. The van der Waals surface area contributed by atoms with E-state index in [1.807, 2.05) is 6.92 Å². The number of hydrogen-bond acceptors (Lipinski definition) is 3. The van der Waals surface area contributed by atoms with Gasteiger partial charge in [-0.2, -0.15) is 0 Å². The first-order chi connectivity index (χ1) is 12.8. The van der Waals surface area contributed by atoms with E-state index in [9.17, 15) is 4.79 Å². The summed E-state index contributed by atoms with van der Waals surface area (Å²) in [6.07, 6.45) is 13.0. The van der Waals surface area contributed by atoms with Crippen molar-refractivity contribution in [1.29, 1.82) is 0 Å². The van der Waals surface area contributed by atoms with Gasteiger partial charge in [0.25, 0.3) is 14.3 Å². The fourth-order valence-corrected chi connectivity index (χ4v) is 12.1. The minimum Gasteiger partial charge on any atom is -0.518 e. The van der Waals surface area contributed by atoms with Crippen LogP contribution in [0.5, 0.6) is 0 Å². The Hall–Kier alpha value is -0.136. The molecule has 3 nitrogen and oxygen atoms in total. The van der Waals surface area contributed by atoms with Gasteiger partial charge in [-0.15, -0.1) is 0 Å². The van der Waals surface area contributed by atoms with Crippen molar-refractivity contribution in [3.63, 3.8) is 0 Å². The largest absolute Gasteiger partial charge is 0.518 e. The number of rotatable bonds is 10. The van der Waals surface area contributed by atoms with Gasteiger partial charge < -0.3 is 8.85 Å². The molecule has 2 aliphatic carbocycles. The third-order valence-electron chi connectivity index (χ3n) is 6.47. The van der Waals surface area contributed by atoms with E-state index in [-0.39, 0.29) is 17.5 Å². The van der Waals surface area contributed by atoms with Crippen molar-refractivity contribution in [3.8, 4) is 0 Å². The number of unbranched alkanes of at least 4 members (excludes halogenated alkanes) is 1. The van der Waals surface area contributed by atoms with Crippen LogP contribution in [-0.4, -0.2) is 29.7 Å². The standard InChI is InChI=1S/C22H42O3Si2/c1-6-7-16-27(19-12-8-9-13-19,20-14-10-11-15-20)24-21(23)18(2)17-26-25-22(3,4)5/h18-20H,6-17H2,1-5H3. The molecular formula is C22H42O3Si2. The molecule has 2 radical (unpaired) electrons. The van der Waals surface area contributed by atoms with Gasteiger partial charge in [0.15, 0.2) is 0 Å². The molecular weight excluding hydrogens is 368 g/mol. The lowest BCUT2D eigenvalue weighted by molar-refractivity contribution is -0.139. The first kappa shape index (κ1) is 23.1. The Bertz CT molecular complexity index is 433. The van der Waals surface area contributed by atoms with Gasteiger partial charge in [0.1, 0.15) is 0 Å². The molecule has 2 rings (SSSR count). The van der Waals surface area contributed by atoms with E-state index in [1.54, 1.807) is 0 Å². The molecule has 0 aromatic rings. The fraction of sp³-hybridized carbons (Fsp3) is 0.955. The second-order valence-electron chi connectivity index (χ2n) is 9.91. The lowest BCUT2D eigenvalue weighted by Gasteiger charge is -2.41. The normalized spacial score (nSPS) is 20.9. The molecule has 0 N–H and O–H groups in total. The average Bonchev–Trinajstić information content (AvgIpc) is 3.31. The van der Waals surface area contributed by atoms with E-state index in [1.165, 1.54) is 70.3 Å². The molecule has 0 amide bonds. The van der Waals surface area contributed by atoms with Crippen LogP contribution in [0, 0.1) is 5.92 Å². The van der Waals surface area contributed by atoms with Gasteiger partial charge >= 0.3 is 0 Å². The van der Waals surface area contributed by atoms with E-state index in [0.29, 0.717) is 9.76 Å². The minimum absolute atomic E-state index is 0.0398. The molecule has 1 atom stereocenters. The van der Waals surface area contributed by atoms with Gasteiger partial charge in [-0.3, -0.25) is 4.79 Å². The Balaban J connectivity index is 2.08. The van der Waals surface area contributed by atoms with E-state index in [0.717, 1.165) is 17.1 Å². The summed E-state index contributed by atoms with van der Waals surface area (Å²) in [5.41, 5.74) is 1.31. The van der Waals surface area contributed by atoms with Crippen molar-refractivity contribution in [3.05, 3.63) is 0 Å². The van der Waals surface area contributed by atoms with Gasteiger partial charge in [-0.05, 0) is 69.6 Å². The summed E-state index contributed by atoms with van der Waals surface area (Å²) in [7, 11) is -1.67. The fourth-order valence-electron chi connectivity index (χ4n) is 5.00. The molecule has 0 heterocycles. The monoisotopic (exact) mass is 410 g/mol. The van der Waals surface area contributed by atoms with Crippen LogP contribution in [0.2, 0.25) is 23.2 Å². The average molecular weight is 411 g/mol. The minimum atomic E-state index is -2.04. The molecule has 0 aromatic carbocycles. The van der Waals surface area contributed by atoms with Crippen molar-refractivity contribution >= 4 is 24.0 Å². The molecule has 2 aliphatic rings. The summed E-state index contributed by atoms with van der Waals surface area (Å²) in [6, 6.07) is 2.00. The van der Waals surface area contributed by atoms with Crippen LogP contribution in [0.25, 0.3) is 0 Å². The summed E-state index contributed by atoms with van der Waals surface area (Å²) in [4.78, 5) is 13.2. The lowest BCUT2D eigenvalue weighted by atomic mass is 10.2. The predicted molar refractivity (Wildman–Crippen MR) is 117 cm³/mol. The smallest absolute Gasteiger partial charge is 0.295 e. The zero-order valence-corrected chi connectivity index (χ0v) is 20.4. The summed E-state index contributed by atoms with van der Waals surface area (Å²) in [6.45, 7) is 10.5. The molecule has 5 heteroatoms. The van der Waals surface area contributed by atoms with E-state index < -0.39 is 8.32 Å². The highest BCUT2D eigenvalue weighted by Gasteiger charge is 2.53. The summed E-state index contributed by atoms with van der Waals surface area (Å²) >= 11 is 0. The zero-order chi connectivity index (χ0) is 19.9. The lowest BCUT2D eigenvalue weighted by Crippen LogP contribution is -2.49. The molecule has 1 unspecified atom stereocenters. The van der Waals surface area contributed by atoms with Crippen LogP contribution in [0.1, 0.15) is 98.8 Å². The SMILES string of the molecule is CCCC[Si](OC(=O)C(C)C[Si]OC(C)(C)C)(C1CCCC1)C1CCCC1. The van der Waals surface area contributed by atoms with Crippen molar-refractivity contribution in [1.82, 2.24) is 0 Å². The topological polar surface area (TPSA) is 35.5 Å². The van der Waals surface area contributed by atoms with Crippen LogP contribution in [0.15, 0.2) is 0 Å². The Morgan fingerprint density at radius 1 is 1.07 bits per heavy atom.